The minimum absolute atomic E-state index is 0.00819. The van der Waals surface area contributed by atoms with E-state index in [1.165, 1.54) is 12.3 Å². The summed E-state index contributed by atoms with van der Waals surface area (Å²) in [6.07, 6.45) is -0.811. The van der Waals surface area contributed by atoms with Gasteiger partial charge in [-0.25, -0.2) is 4.98 Å². The Morgan fingerprint density at radius 2 is 2.19 bits per heavy atom. The molecule has 1 aliphatic heterocycles. The van der Waals surface area contributed by atoms with Crippen LogP contribution < -0.4 is 15.8 Å². The average molecular weight is 371 g/mol. The maximum atomic E-state index is 13.1. The first kappa shape index (κ1) is 18.9. The first-order chi connectivity index (χ1) is 12.1. The third kappa shape index (κ3) is 3.51. The summed E-state index contributed by atoms with van der Waals surface area (Å²) in [6.45, 7) is 4.90. The lowest BCUT2D eigenvalue weighted by atomic mass is 9.78. The Morgan fingerprint density at radius 3 is 2.77 bits per heavy atom. The summed E-state index contributed by atoms with van der Waals surface area (Å²) < 4.78 is 44.5. The van der Waals surface area contributed by atoms with Gasteiger partial charge < -0.3 is 15.8 Å². The lowest BCUT2D eigenvalue weighted by molar-refractivity contribution is -0.139. The zero-order valence-corrected chi connectivity index (χ0v) is 14.9. The number of aromatic nitrogens is 1. The van der Waals surface area contributed by atoms with E-state index in [4.69, 9.17) is 10.5 Å². The number of primary amides is 1. The largest absolute Gasteiger partial charge is 0.476 e. The van der Waals surface area contributed by atoms with Crippen molar-refractivity contribution in [1.82, 2.24) is 10.3 Å². The molecule has 3 rings (SSSR count). The van der Waals surface area contributed by atoms with Gasteiger partial charge in [-0.05, 0) is 49.3 Å². The molecule has 3 unspecified atom stereocenters. The normalized spacial score (nSPS) is 28.6. The van der Waals surface area contributed by atoms with Gasteiger partial charge in [-0.3, -0.25) is 4.79 Å². The van der Waals surface area contributed by atoms with Crippen LogP contribution in [0.2, 0.25) is 0 Å². The summed E-state index contributed by atoms with van der Waals surface area (Å²) in [5.74, 6) is -1.72. The maximum Gasteiger partial charge on any atom is 0.421 e. The molecule has 1 saturated carbocycles. The van der Waals surface area contributed by atoms with Gasteiger partial charge in [0.2, 0.25) is 11.8 Å². The number of nitrogens with one attached hydrogen (secondary N) is 1. The highest BCUT2D eigenvalue weighted by molar-refractivity contribution is 5.77. The fourth-order valence-electron chi connectivity index (χ4n) is 4.16. The Hall–Kier alpha value is -1.83. The minimum atomic E-state index is -4.57. The van der Waals surface area contributed by atoms with Crippen LogP contribution in [0, 0.1) is 17.3 Å². The number of hydrogen-bond donors (Lipinski definition) is 2. The van der Waals surface area contributed by atoms with Crippen molar-refractivity contribution >= 4 is 5.91 Å². The molecular formula is C18H24F3N3O2. The Morgan fingerprint density at radius 1 is 1.50 bits per heavy atom. The molecule has 26 heavy (non-hydrogen) atoms. The SMILES string of the molecule is CC1(C)CC12CC(C(COc1ncccc1C(F)(F)F)C(N)=O)CCN2. The van der Waals surface area contributed by atoms with Crippen molar-refractivity contribution < 1.29 is 22.7 Å². The number of nitrogens with two attached hydrogens (primary N) is 1. The molecule has 1 spiro atoms. The fraction of sp³-hybridized carbons (Fsp3) is 0.667. The zero-order chi connectivity index (χ0) is 19.2. The van der Waals surface area contributed by atoms with E-state index < -0.39 is 29.4 Å². The van der Waals surface area contributed by atoms with Crippen LogP contribution in [0.15, 0.2) is 18.3 Å². The predicted molar refractivity (Wildman–Crippen MR) is 89.3 cm³/mol. The molecule has 2 aliphatic rings. The van der Waals surface area contributed by atoms with E-state index in [0.717, 1.165) is 31.9 Å². The van der Waals surface area contributed by atoms with E-state index in [1.807, 2.05) is 0 Å². The van der Waals surface area contributed by atoms with Crippen molar-refractivity contribution in [1.29, 1.82) is 0 Å². The van der Waals surface area contributed by atoms with Gasteiger partial charge >= 0.3 is 6.18 Å². The van der Waals surface area contributed by atoms with E-state index in [0.29, 0.717) is 0 Å². The fourth-order valence-corrected chi connectivity index (χ4v) is 4.16. The molecule has 1 aromatic rings. The van der Waals surface area contributed by atoms with Gasteiger partial charge in [0.25, 0.3) is 0 Å². The highest BCUT2D eigenvalue weighted by atomic mass is 19.4. The van der Waals surface area contributed by atoms with E-state index >= 15 is 0 Å². The van der Waals surface area contributed by atoms with Gasteiger partial charge in [0.05, 0.1) is 5.92 Å². The third-order valence-corrected chi connectivity index (χ3v) is 5.91. The van der Waals surface area contributed by atoms with Crippen LogP contribution in [0.5, 0.6) is 5.88 Å². The number of piperidine rings is 1. The molecule has 1 aliphatic carbocycles. The number of rotatable bonds is 5. The van der Waals surface area contributed by atoms with Crippen LogP contribution in [0.4, 0.5) is 13.2 Å². The van der Waals surface area contributed by atoms with Crippen molar-refractivity contribution in [3.05, 3.63) is 23.9 Å². The van der Waals surface area contributed by atoms with Crippen LogP contribution in [-0.4, -0.2) is 29.6 Å². The molecule has 0 radical (unpaired) electrons. The molecular weight excluding hydrogens is 347 g/mol. The molecule has 2 heterocycles. The van der Waals surface area contributed by atoms with Gasteiger partial charge in [0, 0.05) is 11.7 Å². The van der Waals surface area contributed by atoms with Gasteiger partial charge in [-0.2, -0.15) is 13.2 Å². The Kier molecular flexibility index (Phi) is 4.67. The lowest BCUT2D eigenvalue weighted by Crippen LogP contribution is -2.48. The number of carbonyl (C=O) groups is 1. The Bertz CT molecular complexity index is 693. The number of ether oxygens (including phenoxy) is 1. The second-order valence-electron chi connectivity index (χ2n) is 8.00. The maximum absolute atomic E-state index is 13.1. The molecule has 1 amide bonds. The lowest BCUT2D eigenvalue weighted by Gasteiger charge is -2.36. The minimum Gasteiger partial charge on any atom is -0.476 e. The molecule has 1 saturated heterocycles. The summed E-state index contributed by atoms with van der Waals surface area (Å²) >= 11 is 0. The molecule has 3 atom stereocenters. The number of pyridine rings is 1. The average Bonchev–Trinajstić information content (AvgIpc) is 3.05. The second-order valence-corrected chi connectivity index (χ2v) is 8.00. The highest BCUT2D eigenvalue weighted by Gasteiger charge is 2.62. The van der Waals surface area contributed by atoms with Crippen LogP contribution in [-0.2, 0) is 11.0 Å². The van der Waals surface area contributed by atoms with E-state index in [2.05, 4.69) is 24.1 Å². The van der Waals surface area contributed by atoms with Gasteiger partial charge in [-0.1, -0.05) is 13.8 Å². The van der Waals surface area contributed by atoms with Crippen LogP contribution in [0.3, 0.4) is 0 Å². The van der Waals surface area contributed by atoms with Crippen molar-refractivity contribution in [3.63, 3.8) is 0 Å². The van der Waals surface area contributed by atoms with Gasteiger partial charge in [0.15, 0.2) is 0 Å². The van der Waals surface area contributed by atoms with Crippen molar-refractivity contribution in [3.8, 4) is 5.88 Å². The summed E-state index contributed by atoms with van der Waals surface area (Å²) in [7, 11) is 0. The number of nitrogens with zero attached hydrogens (tertiary/aromatic N) is 1. The number of alkyl halides is 3. The molecule has 144 valence electrons. The highest BCUT2D eigenvalue weighted by Crippen LogP contribution is 2.60. The second kappa shape index (κ2) is 6.40. The van der Waals surface area contributed by atoms with E-state index in [9.17, 15) is 18.0 Å². The molecule has 8 heteroatoms. The summed E-state index contributed by atoms with van der Waals surface area (Å²) in [6, 6.07) is 2.11. The summed E-state index contributed by atoms with van der Waals surface area (Å²) in [4.78, 5) is 15.7. The standard InChI is InChI=1S/C18H24F3N3O2/c1-16(2)10-17(16)8-11(5-7-24-17)12(14(22)25)9-26-15-13(18(19,20)21)4-3-6-23-15/h3-4,6,11-12,24H,5,7-10H2,1-2H3,(H2,22,25). The number of hydrogen-bond acceptors (Lipinski definition) is 4. The molecule has 3 N–H and O–H groups in total. The van der Waals surface area contributed by atoms with Gasteiger partial charge in [0.1, 0.15) is 12.2 Å². The van der Waals surface area contributed by atoms with Gasteiger partial charge in [-0.15, -0.1) is 0 Å². The van der Waals surface area contributed by atoms with Crippen LogP contribution in [0.1, 0.15) is 38.7 Å². The van der Waals surface area contributed by atoms with Crippen LogP contribution in [0.25, 0.3) is 0 Å². The van der Waals surface area contributed by atoms with Crippen LogP contribution >= 0.6 is 0 Å². The molecule has 0 aromatic carbocycles. The zero-order valence-electron chi connectivity index (χ0n) is 14.9. The van der Waals surface area contributed by atoms with Crippen molar-refractivity contribution in [2.45, 2.75) is 44.8 Å². The van der Waals surface area contributed by atoms with Crippen molar-refractivity contribution in [2.24, 2.45) is 23.0 Å². The van der Waals surface area contributed by atoms with E-state index in [1.54, 1.807) is 0 Å². The first-order valence-electron chi connectivity index (χ1n) is 8.75. The smallest absolute Gasteiger partial charge is 0.421 e. The summed E-state index contributed by atoms with van der Waals surface area (Å²) in [5, 5.41) is 3.53. The monoisotopic (exact) mass is 371 g/mol. The number of carbonyl (C=O) groups excluding carboxylic acids is 1. The Labute approximate surface area is 150 Å². The number of amides is 1. The first-order valence-corrected chi connectivity index (χ1v) is 8.75. The third-order valence-electron chi connectivity index (χ3n) is 5.91. The quantitative estimate of drug-likeness (QED) is 0.834. The predicted octanol–water partition coefficient (Wildman–Crippen LogP) is 2.75. The molecule has 2 fully saturated rings. The van der Waals surface area contributed by atoms with E-state index in [-0.39, 0.29) is 23.5 Å². The topological polar surface area (TPSA) is 77.2 Å². The number of halogens is 3. The van der Waals surface area contributed by atoms with Crippen molar-refractivity contribution in [2.75, 3.05) is 13.2 Å². The molecule has 1 aromatic heterocycles. The summed E-state index contributed by atoms with van der Waals surface area (Å²) in [5.41, 5.74) is 4.74. The molecule has 0 bridgehead atoms. The Balaban J connectivity index is 1.72. The molecule has 5 nitrogen and oxygen atoms in total.